The summed E-state index contributed by atoms with van der Waals surface area (Å²) in [6.07, 6.45) is 4.61. The fourth-order valence-corrected chi connectivity index (χ4v) is 3.84. The molecule has 2 saturated heterocycles. The molecule has 2 heterocycles. The van der Waals surface area contributed by atoms with Gasteiger partial charge in [-0.1, -0.05) is 0 Å². The van der Waals surface area contributed by atoms with E-state index >= 15 is 0 Å². The van der Waals surface area contributed by atoms with Gasteiger partial charge in [0.25, 0.3) is 11.6 Å². The van der Waals surface area contributed by atoms with Crippen molar-refractivity contribution in [2.75, 3.05) is 13.6 Å². The summed E-state index contributed by atoms with van der Waals surface area (Å²) in [4.78, 5) is 36.4. The fourth-order valence-electron chi connectivity index (χ4n) is 3.84. The number of carbonyl (C=O) groups excluding carboxylic acids is 2. The number of nitro benzene ring substituents is 1. The van der Waals surface area contributed by atoms with Crippen LogP contribution < -0.4 is 10.6 Å². The van der Waals surface area contributed by atoms with Crippen LogP contribution in [-0.2, 0) is 4.79 Å². The number of nitrogens with one attached hydrogen (secondary N) is 2. The maximum absolute atomic E-state index is 12.4. The number of nitro groups is 1. The van der Waals surface area contributed by atoms with Crippen LogP contribution in [0.2, 0.25) is 0 Å². The Bertz CT molecular complexity index is 679. The van der Waals surface area contributed by atoms with Gasteiger partial charge in [0.15, 0.2) is 0 Å². The van der Waals surface area contributed by atoms with Crippen molar-refractivity contribution in [2.45, 2.75) is 50.2 Å². The van der Waals surface area contributed by atoms with Crippen LogP contribution in [0.3, 0.4) is 0 Å². The highest BCUT2D eigenvalue weighted by atomic mass is 16.6. The Kier molecular flexibility index (Phi) is 5.51. The number of hydrogen-bond acceptors (Lipinski definition) is 5. The van der Waals surface area contributed by atoms with E-state index in [-0.39, 0.29) is 36.5 Å². The van der Waals surface area contributed by atoms with Crippen molar-refractivity contribution in [2.24, 2.45) is 0 Å². The molecule has 1 aromatic carbocycles. The number of amides is 2. The number of hydrogen-bond donors (Lipinski definition) is 2. The molecule has 0 aromatic heterocycles. The molecule has 2 aliphatic rings. The highest BCUT2D eigenvalue weighted by Gasteiger charge is 2.36. The number of benzene rings is 1. The smallest absolute Gasteiger partial charge is 0.269 e. The average molecular weight is 360 g/mol. The Morgan fingerprint density at radius 3 is 2.42 bits per heavy atom. The van der Waals surface area contributed by atoms with E-state index in [1.807, 2.05) is 11.9 Å². The van der Waals surface area contributed by atoms with Gasteiger partial charge in [0.2, 0.25) is 5.91 Å². The summed E-state index contributed by atoms with van der Waals surface area (Å²) in [6, 6.07) is 6.72. The van der Waals surface area contributed by atoms with Crippen molar-refractivity contribution in [3.63, 3.8) is 0 Å². The molecule has 2 unspecified atom stereocenters. The topological polar surface area (TPSA) is 105 Å². The minimum absolute atomic E-state index is 0.0281. The fraction of sp³-hybridized carbons (Fsp3) is 0.556. The normalized spacial score (nSPS) is 24.1. The van der Waals surface area contributed by atoms with Crippen molar-refractivity contribution >= 4 is 17.5 Å². The zero-order valence-corrected chi connectivity index (χ0v) is 14.8. The van der Waals surface area contributed by atoms with E-state index in [0.717, 1.165) is 12.8 Å². The molecular weight excluding hydrogens is 336 g/mol. The molecule has 0 saturated carbocycles. The van der Waals surface area contributed by atoms with Gasteiger partial charge in [-0.15, -0.1) is 0 Å². The largest absolute Gasteiger partial charge is 0.352 e. The molecule has 8 heteroatoms. The van der Waals surface area contributed by atoms with Gasteiger partial charge >= 0.3 is 0 Å². The monoisotopic (exact) mass is 360 g/mol. The van der Waals surface area contributed by atoms with Gasteiger partial charge in [-0.2, -0.15) is 0 Å². The quantitative estimate of drug-likeness (QED) is 0.590. The van der Waals surface area contributed by atoms with Crippen molar-refractivity contribution in [3.05, 3.63) is 39.9 Å². The summed E-state index contributed by atoms with van der Waals surface area (Å²) in [5.41, 5.74) is 0.278. The molecule has 26 heavy (non-hydrogen) atoms. The van der Waals surface area contributed by atoms with Crippen molar-refractivity contribution < 1.29 is 14.5 Å². The predicted octanol–water partition coefficient (Wildman–Crippen LogP) is 1.46. The maximum Gasteiger partial charge on any atom is 0.269 e. The standard InChI is InChI=1S/C18H24N4O4/c1-21(16-10-13-4-5-14(11-16)20-13)17(23)8-9-19-18(24)12-2-6-15(7-3-12)22(25)26/h2-3,6-7,13-14,16,20H,4-5,8-11H2,1H3,(H,19,24). The number of rotatable bonds is 6. The van der Waals surface area contributed by atoms with Crippen LogP contribution in [0.25, 0.3) is 0 Å². The Morgan fingerprint density at radius 1 is 1.23 bits per heavy atom. The van der Waals surface area contributed by atoms with E-state index in [2.05, 4.69) is 10.6 Å². The van der Waals surface area contributed by atoms with E-state index in [0.29, 0.717) is 17.6 Å². The Morgan fingerprint density at radius 2 is 1.85 bits per heavy atom. The summed E-state index contributed by atoms with van der Waals surface area (Å²) in [7, 11) is 1.84. The van der Waals surface area contributed by atoms with Crippen molar-refractivity contribution in [1.29, 1.82) is 0 Å². The molecule has 0 aliphatic carbocycles. The molecule has 2 N–H and O–H groups in total. The number of non-ortho nitro benzene ring substituents is 1. The van der Waals surface area contributed by atoms with E-state index < -0.39 is 4.92 Å². The zero-order chi connectivity index (χ0) is 18.7. The lowest BCUT2D eigenvalue weighted by Crippen LogP contribution is -2.49. The average Bonchev–Trinajstić information content (AvgIpc) is 2.98. The van der Waals surface area contributed by atoms with E-state index in [4.69, 9.17) is 0 Å². The molecule has 0 spiro atoms. The predicted molar refractivity (Wildman–Crippen MR) is 95.8 cm³/mol. The van der Waals surface area contributed by atoms with Gasteiger partial charge in [0, 0.05) is 55.8 Å². The first-order chi connectivity index (χ1) is 12.4. The molecule has 140 valence electrons. The summed E-state index contributed by atoms with van der Waals surface area (Å²) in [5, 5.41) is 16.9. The molecule has 1 aromatic rings. The molecule has 2 bridgehead atoms. The molecule has 2 amide bonds. The molecule has 8 nitrogen and oxygen atoms in total. The summed E-state index contributed by atoms with van der Waals surface area (Å²) < 4.78 is 0. The Balaban J connectivity index is 1.44. The SMILES string of the molecule is CN(C(=O)CCNC(=O)c1ccc([N+](=O)[O-])cc1)C1CC2CCC(C1)N2. The summed E-state index contributed by atoms with van der Waals surface area (Å²) in [5.74, 6) is -0.310. The third-order valence-corrected chi connectivity index (χ3v) is 5.35. The molecule has 0 radical (unpaired) electrons. The number of piperidine rings is 1. The second-order valence-corrected chi connectivity index (χ2v) is 7.08. The Hall–Kier alpha value is -2.48. The molecule has 3 rings (SSSR count). The van der Waals surface area contributed by atoms with Crippen LogP contribution in [0.15, 0.2) is 24.3 Å². The first-order valence-electron chi connectivity index (χ1n) is 8.98. The maximum atomic E-state index is 12.4. The van der Waals surface area contributed by atoms with E-state index in [1.165, 1.54) is 37.1 Å². The van der Waals surface area contributed by atoms with Gasteiger partial charge in [-0.05, 0) is 37.8 Å². The Labute approximate surface area is 152 Å². The van der Waals surface area contributed by atoms with Gasteiger partial charge in [0.1, 0.15) is 0 Å². The zero-order valence-electron chi connectivity index (χ0n) is 14.8. The van der Waals surface area contributed by atoms with Crippen molar-refractivity contribution in [1.82, 2.24) is 15.5 Å². The molecule has 2 aliphatic heterocycles. The summed E-state index contributed by atoms with van der Waals surface area (Å²) >= 11 is 0. The van der Waals surface area contributed by atoms with Crippen LogP contribution in [0.1, 0.15) is 42.5 Å². The van der Waals surface area contributed by atoms with Crippen LogP contribution in [0.4, 0.5) is 5.69 Å². The number of fused-ring (bicyclic) bond motifs is 2. The first-order valence-corrected chi connectivity index (χ1v) is 8.98. The van der Waals surface area contributed by atoms with Crippen molar-refractivity contribution in [3.8, 4) is 0 Å². The van der Waals surface area contributed by atoms with Crippen LogP contribution in [0, 0.1) is 10.1 Å². The van der Waals surface area contributed by atoms with Gasteiger partial charge in [-0.3, -0.25) is 19.7 Å². The molecule has 2 atom stereocenters. The summed E-state index contributed by atoms with van der Waals surface area (Å²) in [6.45, 7) is 0.247. The van der Waals surface area contributed by atoms with E-state index in [9.17, 15) is 19.7 Å². The highest BCUT2D eigenvalue weighted by molar-refractivity contribution is 5.94. The lowest BCUT2D eigenvalue weighted by atomic mass is 9.98. The van der Waals surface area contributed by atoms with Crippen LogP contribution in [0.5, 0.6) is 0 Å². The minimum Gasteiger partial charge on any atom is -0.352 e. The van der Waals surface area contributed by atoms with Crippen LogP contribution >= 0.6 is 0 Å². The van der Waals surface area contributed by atoms with Gasteiger partial charge in [-0.25, -0.2) is 0 Å². The second-order valence-electron chi connectivity index (χ2n) is 7.08. The van der Waals surface area contributed by atoms with Gasteiger partial charge in [0.05, 0.1) is 4.92 Å². The first kappa shape index (κ1) is 18.3. The number of carbonyl (C=O) groups is 2. The van der Waals surface area contributed by atoms with Gasteiger partial charge < -0.3 is 15.5 Å². The third-order valence-electron chi connectivity index (χ3n) is 5.35. The lowest BCUT2D eigenvalue weighted by Gasteiger charge is -2.35. The molecular formula is C18H24N4O4. The van der Waals surface area contributed by atoms with Crippen LogP contribution in [-0.4, -0.2) is 53.4 Å². The van der Waals surface area contributed by atoms with E-state index in [1.54, 1.807) is 0 Å². The third kappa shape index (κ3) is 4.19. The second kappa shape index (κ2) is 7.82. The highest BCUT2D eigenvalue weighted by Crippen LogP contribution is 2.29. The number of nitrogens with zero attached hydrogens (tertiary/aromatic N) is 2. The molecule has 2 fully saturated rings. The lowest BCUT2D eigenvalue weighted by molar-refractivity contribution is -0.384. The minimum atomic E-state index is -0.511.